The van der Waals surface area contributed by atoms with Gasteiger partial charge in [-0.15, -0.1) is 0 Å². The zero-order valence-corrected chi connectivity index (χ0v) is 9.74. The molecule has 2 rings (SSSR count). The number of imidazole rings is 1. The quantitative estimate of drug-likeness (QED) is 0.776. The lowest BCUT2D eigenvalue weighted by atomic mass is 10.1. The Kier molecular flexibility index (Phi) is 3.41. The molecule has 1 aromatic rings. The second-order valence-electron chi connectivity index (χ2n) is 4.35. The van der Waals surface area contributed by atoms with Gasteiger partial charge < -0.3 is 9.88 Å². The van der Waals surface area contributed by atoms with E-state index in [1.165, 1.54) is 25.1 Å². The molecular formula is C12H21N3. The Labute approximate surface area is 91.9 Å². The Hall–Kier alpha value is -0.830. The van der Waals surface area contributed by atoms with Crippen molar-refractivity contribution >= 4 is 0 Å². The number of hydrogen-bond donors (Lipinski definition) is 1. The number of hydrogen-bond acceptors (Lipinski definition) is 2. The molecule has 0 aliphatic heterocycles. The van der Waals surface area contributed by atoms with E-state index in [2.05, 4.69) is 34.9 Å². The topological polar surface area (TPSA) is 29.9 Å². The standard InChI is InChI=1S/C12H21N3/c1-3-8-15-9-7-14-12(15)11(13-4-2)10-5-6-10/h7,9-11,13H,3-6,8H2,1-2H3. The summed E-state index contributed by atoms with van der Waals surface area (Å²) in [5.41, 5.74) is 0. The van der Waals surface area contributed by atoms with Gasteiger partial charge in [0.1, 0.15) is 5.82 Å². The summed E-state index contributed by atoms with van der Waals surface area (Å²) >= 11 is 0. The number of nitrogens with zero attached hydrogens (tertiary/aromatic N) is 2. The molecule has 0 radical (unpaired) electrons. The molecule has 1 heterocycles. The molecule has 3 heteroatoms. The maximum atomic E-state index is 4.52. The first kappa shape index (κ1) is 10.7. The first-order valence-electron chi connectivity index (χ1n) is 6.11. The van der Waals surface area contributed by atoms with Crippen LogP contribution < -0.4 is 5.32 Å². The molecule has 0 spiro atoms. The Morgan fingerprint density at radius 2 is 2.33 bits per heavy atom. The van der Waals surface area contributed by atoms with Crippen molar-refractivity contribution in [2.75, 3.05) is 6.54 Å². The van der Waals surface area contributed by atoms with Gasteiger partial charge in [0.2, 0.25) is 0 Å². The van der Waals surface area contributed by atoms with E-state index in [0.717, 1.165) is 19.0 Å². The van der Waals surface area contributed by atoms with Crippen LogP contribution in [0.5, 0.6) is 0 Å². The molecule has 1 unspecified atom stereocenters. The van der Waals surface area contributed by atoms with Gasteiger partial charge in [-0.2, -0.15) is 0 Å². The van der Waals surface area contributed by atoms with Crippen LogP contribution in [0.4, 0.5) is 0 Å². The molecule has 1 fully saturated rings. The number of rotatable bonds is 6. The predicted molar refractivity (Wildman–Crippen MR) is 61.7 cm³/mol. The highest BCUT2D eigenvalue weighted by Crippen LogP contribution is 2.40. The minimum Gasteiger partial charge on any atom is -0.334 e. The monoisotopic (exact) mass is 207 g/mol. The molecule has 0 amide bonds. The van der Waals surface area contributed by atoms with Crippen molar-refractivity contribution in [2.24, 2.45) is 5.92 Å². The molecule has 0 saturated heterocycles. The molecule has 1 aliphatic carbocycles. The van der Waals surface area contributed by atoms with Crippen molar-refractivity contribution in [3.8, 4) is 0 Å². The Balaban J connectivity index is 2.12. The van der Waals surface area contributed by atoms with E-state index >= 15 is 0 Å². The summed E-state index contributed by atoms with van der Waals surface area (Å²) in [6, 6.07) is 0.483. The van der Waals surface area contributed by atoms with Crippen LogP contribution >= 0.6 is 0 Å². The molecule has 1 atom stereocenters. The molecule has 3 nitrogen and oxygen atoms in total. The molecule has 1 aliphatic rings. The minimum absolute atomic E-state index is 0.483. The van der Waals surface area contributed by atoms with Gasteiger partial charge in [-0.05, 0) is 31.7 Å². The number of nitrogens with one attached hydrogen (secondary N) is 1. The zero-order valence-electron chi connectivity index (χ0n) is 9.74. The zero-order chi connectivity index (χ0) is 10.7. The van der Waals surface area contributed by atoms with E-state index in [-0.39, 0.29) is 0 Å². The fraction of sp³-hybridized carbons (Fsp3) is 0.750. The first-order valence-corrected chi connectivity index (χ1v) is 6.11. The minimum atomic E-state index is 0.483. The van der Waals surface area contributed by atoms with Crippen LogP contribution in [0, 0.1) is 5.92 Å². The van der Waals surface area contributed by atoms with Crippen molar-refractivity contribution in [1.29, 1.82) is 0 Å². The van der Waals surface area contributed by atoms with Crippen molar-refractivity contribution in [2.45, 2.75) is 45.7 Å². The average molecular weight is 207 g/mol. The van der Waals surface area contributed by atoms with Crippen LogP contribution in [0.2, 0.25) is 0 Å². The summed E-state index contributed by atoms with van der Waals surface area (Å²) in [4.78, 5) is 4.52. The van der Waals surface area contributed by atoms with Gasteiger partial charge in [-0.3, -0.25) is 0 Å². The largest absolute Gasteiger partial charge is 0.334 e. The van der Waals surface area contributed by atoms with Crippen LogP contribution in [0.15, 0.2) is 12.4 Å². The number of aromatic nitrogens is 2. The Morgan fingerprint density at radius 1 is 1.53 bits per heavy atom. The maximum Gasteiger partial charge on any atom is 0.126 e. The molecule has 0 aromatic carbocycles. The van der Waals surface area contributed by atoms with E-state index in [1.807, 2.05) is 6.20 Å². The summed E-state index contributed by atoms with van der Waals surface area (Å²) in [6.07, 6.45) is 7.92. The van der Waals surface area contributed by atoms with Crippen LogP contribution in [0.1, 0.15) is 45.0 Å². The molecular weight excluding hydrogens is 186 g/mol. The van der Waals surface area contributed by atoms with Gasteiger partial charge >= 0.3 is 0 Å². The molecule has 84 valence electrons. The fourth-order valence-electron chi connectivity index (χ4n) is 2.15. The SMILES string of the molecule is CCCn1ccnc1C(NCC)C1CC1. The van der Waals surface area contributed by atoms with Crippen LogP contribution in [-0.2, 0) is 6.54 Å². The predicted octanol–water partition coefficient (Wildman–Crippen LogP) is 2.35. The van der Waals surface area contributed by atoms with Crippen molar-refractivity contribution in [3.63, 3.8) is 0 Å². The third-order valence-corrected chi connectivity index (χ3v) is 3.01. The lowest BCUT2D eigenvalue weighted by Crippen LogP contribution is -2.26. The Morgan fingerprint density at radius 3 is 2.93 bits per heavy atom. The molecule has 1 N–H and O–H groups in total. The van der Waals surface area contributed by atoms with E-state index in [4.69, 9.17) is 0 Å². The fourth-order valence-corrected chi connectivity index (χ4v) is 2.15. The van der Waals surface area contributed by atoms with Crippen molar-refractivity contribution < 1.29 is 0 Å². The second-order valence-corrected chi connectivity index (χ2v) is 4.35. The maximum absolute atomic E-state index is 4.52. The lowest BCUT2D eigenvalue weighted by Gasteiger charge is -2.18. The van der Waals surface area contributed by atoms with E-state index in [0.29, 0.717) is 6.04 Å². The molecule has 1 saturated carbocycles. The lowest BCUT2D eigenvalue weighted by molar-refractivity contribution is 0.446. The van der Waals surface area contributed by atoms with Gasteiger partial charge in [0.25, 0.3) is 0 Å². The van der Waals surface area contributed by atoms with Gasteiger partial charge in [-0.1, -0.05) is 13.8 Å². The number of aryl methyl sites for hydroxylation is 1. The average Bonchev–Trinajstić information content (AvgIpc) is 2.97. The van der Waals surface area contributed by atoms with E-state index < -0.39 is 0 Å². The summed E-state index contributed by atoms with van der Waals surface area (Å²) in [5.74, 6) is 2.06. The third-order valence-electron chi connectivity index (χ3n) is 3.01. The highest BCUT2D eigenvalue weighted by Gasteiger charge is 2.34. The van der Waals surface area contributed by atoms with Crippen LogP contribution in [0.3, 0.4) is 0 Å². The summed E-state index contributed by atoms with van der Waals surface area (Å²) in [6.45, 7) is 6.50. The van der Waals surface area contributed by atoms with Gasteiger partial charge in [0, 0.05) is 18.9 Å². The third kappa shape index (κ3) is 2.40. The highest BCUT2D eigenvalue weighted by atomic mass is 15.1. The highest BCUT2D eigenvalue weighted by molar-refractivity contribution is 5.05. The second kappa shape index (κ2) is 4.79. The molecule has 0 bridgehead atoms. The molecule has 1 aromatic heterocycles. The van der Waals surface area contributed by atoms with Crippen LogP contribution in [0.25, 0.3) is 0 Å². The van der Waals surface area contributed by atoms with Gasteiger partial charge in [0.05, 0.1) is 6.04 Å². The van der Waals surface area contributed by atoms with Crippen molar-refractivity contribution in [1.82, 2.24) is 14.9 Å². The summed E-state index contributed by atoms with van der Waals surface area (Å²) in [5, 5.41) is 3.56. The molecule has 15 heavy (non-hydrogen) atoms. The first-order chi connectivity index (χ1) is 7.36. The van der Waals surface area contributed by atoms with Gasteiger partial charge in [-0.25, -0.2) is 4.98 Å². The van der Waals surface area contributed by atoms with Crippen LogP contribution in [-0.4, -0.2) is 16.1 Å². The summed E-state index contributed by atoms with van der Waals surface area (Å²) < 4.78 is 2.30. The Bertz CT molecular complexity index is 302. The van der Waals surface area contributed by atoms with E-state index in [9.17, 15) is 0 Å². The normalized spacial score (nSPS) is 18.0. The van der Waals surface area contributed by atoms with Gasteiger partial charge in [0.15, 0.2) is 0 Å². The van der Waals surface area contributed by atoms with Crippen molar-refractivity contribution in [3.05, 3.63) is 18.2 Å². The summed E-state index contributed by atoms with van der Waals surface area (Å²) in [7, 11) is 0. The smallest absolute Gasteiger partial charge is 0.126 e. The van der Waals surface area contributed by atoms with E-state index in [1.54, 1.807) is 0 Å².